The second-order valence-corrected chi connectivity index (χ2v) is 7.70. The average molecular weight is 348 g/mol. The molecular weight excluding hydrogens is 330 g/mol. The van der Waals surface area contributed by atoms with Crippen LogP contribution in [0.15, 0.2) is 27.6 Å². The van der Waals surface area contributed by atoms with Gasteiger partial charge in [-0.3, -0.25) is 0 Å². The van der Waals surface area contributed by atoms with Crippen LogP contribution < -0.4 is 5.73 Å². The fraction of sp³-hybridized carbons (Fsp3) is 0.500. The third kappa shape index (κ3) is 2.94. The third-order valence-corrected chi connectivity index (χ3v) is 5.94. The van der Waals surface area contributed by atoms with Crippen molar-refractivity contribution in [1.82, 2.24) is 9.21 Å². The number of hydrogen-bond donors (Lipinski definition) is 1. The summed E-state index contributed by atoms with van der Waals surface area (Å²) in [5.41, 5.74) is 6.11. The summed E-state index contributed by atoms with van der Waals surface area (Å²) in [6, 6.07) is 5.08. The lowest BCUT2D eigenvalue weighted by Crippen LogP contribution is -2.51. The summed E-state index contributed by atoms with van der Waals surface area (Å²) in [5.74, 6) is 0. The standard InChI is InChI=1S/C12H18BrN3O2S/c1-9-8-16(6-5-15(9)2)19(17,18)12-4-3-10(13)7-11(12)14/h3-4,7,9H,5-6,8,14H2,1-2H3. The van der Waals surface area contributed by atoms with Crippen molar-refractivity contribution < 1.29 is 8.42 Å². The number of nitrogens with zero attached hydrogens (tertiary/aromatic N) is 2. The van der Waals surface area contributed by atoms with E-state index in [-0.39, 0.29) is 16.6 Å². The second kappa shape index (κ2) is 5.40. The summed E-state index contributed by atoms with van der Waals surface area (Å²) in [5, 5.41) is 0. The van der Waals surface area contributed by atoms with Crippen LogP contribution in [0.25, 0.3) is 0 Å². The van der Waals surface area contributed by atoms with Gasteiger partial charge in [0.15, 0.2) is 0 Å². The number of likely N-dealkylation sites (N-methyl/N-ethyl adjacent to an activating group) is 1. The van der Waals surface area contributed by atoms with E-state index in [1.807, 2.05) is 14.0 Å². The molecule has 7 heteroatoms. The maximum absolute atomic E-state index is 12.6. The number of benzene rings is 1. The van der Waals surface area contributed by atoms with E-state index in [2.05, 4.69) is 20.8 Å². The summed E-state index contributed by atoms with van der Waals surface area (Å²) < 4.78 is 27.5. The Balaban J connectivity index is 2.32. The van der Waals surface area contributed by atoms with Gasteiger partial charge >= 0.3 is 0 Å². The fourth-order valence-corrected chi connectivity index (χ4v) is 4.11. The van der Waals surface area contributed by atoms with Crippen molar-refractivity contribution >= 4 is 31.6 Å². The predicted octanol–water partition coefficient (Wildman–Crippen LogP) is 1.36. The van der Waals surface area contributed by atoms with E-state index >= 15 is 0 Å². The Morgan fingerprint density at radius 3 is 2.63 bits per heavy atom. The highest BCUT2D eigenvalue weighted by Gasteiger charge is 2.31. The number of anilines is 1. The first-order valence-electron chi connectivity index (χ1n) is 6.08. The molecule has 19 heavy (non-hydrogen) atoms. The van der Waals surface area contributed by atoms with Gasteiger partial charge < -0.3 is 10.6 Å². The van der Waals surface area contributed by atoms with Gasteiger partial charge in [-0.05, 0) is 32.2 Å². The Bertz CT molecular complexity index is 576. The van der Waals surface area contributed by atoms with Crippen molar-refractivity contribution in [3.8, 4) is 0 Å². The molecule has 0 aliphatic carbocycles. The van der Waals surface area contributed by atoms with E-state index in [1.54, 1.807) is 18.2 Å². The first kappa shape index (κ1) is 14.8. The zero-order valence-electron chi connectivity index (χ0n) is 11.0. The highest BCUT2D eigenvalue weighted by Crippen LogP contribution is 2.26. The second-order valence-electron chi connectivity index (χ2n) is 4.87. The summed E-state index contributed by atoms with van der Waals surface area (Å²) in [7, 11) is -1.50. The number of sulfonamides is 1. The van der Waals surface area contributed by atoms with Crippen molar-refractivity contribution in [1.29, 1.82) is 0 Å². The maximum atomic E-state index is 12.6. The molecule has 1 saturated heterocycles. The Hall–Kier alpha value is -0.630. The maximum Gasteiger partial charge on any atom is 0.245 e. The molecule has 1 aliphatic heterocycles. The molecule has 2 N–H and O–H groups in total. The summed E-state index contributed by atoms with van der Waals surface area (Å²) in [6.07, 6.45) is 0. The van der Waals surface area contributed by atoms with Gasteiger partial charge in [0.2, 0.25) is 10.0 Å². The molecule has 1 aliphatic rings. The van der Waals surface area contributed by atoms with Gasteiger partial charge in [0, 0.05) is 30.1 Å². The summed E-state index contributed by atoms with van der Waals surface area (Å²) in [6.45, 7) is 3.75. The van der Waals surface area contributed by atoms with E-state index in [0.717, 1.165) is 11.0 Å². The summed E-state index contributed by atoms with van der Waals surface area (Å²) >= 11 is 3.28. The molecule has 0 bridgehead atoms. The largest absolute Gasteiger partial charge is 0.398 e. The molecule has 2 rings (SSSR count). The van der Waals surface area contributed by atoms with E-state index in [4.69, 9.17) is 5.73 Å². The molecule has 5 nitrogen and oxygen atoms in total. The zero-order valence-corrected chi connectivity index (χ0v) is 13.4. The van der Waals surface area contributed by atoms with Crippen LogP contribution in [-0.2, 0) is 10.0 Å². The molecule has 0 saturated carbocycles. The van der Waals surface area contributed by atoms with Gasteiger partial charge in [0.05, 0.1) is 5.69 Å². The number of piperazine rings is 1. The van der Waals surface area contributed by atoms with Crippen LogP contribution in [-0.4, -0.2) is 50.3 Å². The Kier molecular flexibility index (Phi) is 4.20. The normalized spacial score (nSPS) is 22.6. The van der Waals surface area contributed by atoms with Crippen LogP contribution in [0.2, 0.25) is 0 Å². The monoisotopic (exact) mass is 347 g/mol. The molecule has 0 radical (unpaired) electrons. The van der Waals surface area contributed by atoms with Crippen molar-refractivity contribution in [2.75, 3.05) is 32.4 Å². The molecule has 106 valence electrons. The Morgan fingerprint density at radius 1 is 1.37 bits per heavy atom. The van der Waals surface area contributed by atoms with Crippen LogP contribution in [0, 0.1) is 0 Å². The SMILES string of the molecule is CC1CN(S(=O)(=O)c2ccc(Br)cc2N)CCN1C. The van der Waals surface area contributed by atoms with Crippen LogP contribution in [0.3, 0.4) is 0 Å². The predicted molar refractivity (Wildman–Crippen MR) is 79.4 cm³/mol. The van der Waals surface area contributed by atoms with Crippen LogP contribution in [0.1, 0.15) is 6.92 Å². The van der Waals surface area contributed by atoms with Gasteiger partial charge in [-0.25, -0.2) is 8.42 Å². The third-order valence-electron chi connectivity index (χ3n) is 3.51. The lowest BCUT2D eigenvalue weighted by atomic mass is 10.2. The number of nitrogens with two attached hydrogens (primary N) is 1. The van der Waals surface area contributed by atoms with Crippen LogP contribution in [0.4, 0.5) is 5.69 Å². The Labute approximate surface area is 122 Å². The quantitative estimate of drug-likeness (QED) is 0.820. The molecule has 1 heterocycles. The average Bonchev–Trinajstić information content (AvgIpc) is 2.32. The number of hydrogen-bond acceptors (Lipinski definition) is 4. The minimum atomic E-state index is -3.50. The molecule has 0 aromatic heterocycles. The molecule has 1 aromatic carbocycles. The van der Waals surface area contributed by atoms with Crippen molar-refractivity contribution in [2.24, 2.45) is 0 Å². The van der Waals surface area contributed by atoms with Crippen molar-refractivity contribution in [3.63, 3.8) is 0 Å². The lowest BCUT2D eigenvalue weighted by molar-refractivity contribution is 0.159. The zero-order chi connectivity index (χ0) is 14.2. The minimum absolute atomic E-state index is 0.187. The van der Waals surface area contributed by atoms with Crippen molar-refractivity contribution in [2.45, 2.75) is 17.9 Å². The molecular formula is C12H18BrN3O2S. The molecule has 0 spiro atoms. The van der Waals surface area contributed by atoms with Gasteiger partial charge in [0.25, 0.3) is 0 Å². The highest BCUT2D eigenvalue weighted by molar-refractivity contribution is 9.10. The molecule has 1 unspecified atom stereocenters. The molecule has 0 amide bonds. The van der Waals surface area contributed by atoms with Crippen LogP contribution in [0.5, 0.6) is 0 Å². The van der Waals surface area contributed by atoms with E-state index in [1.165, 1.54) is 4.31 Å². The van der Waals surface area contributed by atoms with E-state index in [0.29, 0.717) is 13.1 Å². The first-order valence-corrected chi connectivity index (χ1v) is 8.31. The van der Waals surface area contributed by atoms with Gasteiger partial charge in [0.1, 0.15) is 4.90 Å². The lowest BCUT2D eigenvalue weighted by Gasteiger charge is -2.36. The Morgan fingerprint density at radius 2 is 2.05 bits per heavy atom. The minimum Gasteiger partial charge on any atom is -0.398 e. The van der Waals surface area contributed by atoms with Gasteiger partial charge in [-0.2, -0.15) is 4.31 Å². The smallest absolute Gasteiger partial charge is 0.245 e. The fourth-order valence-electron chi connectivity index (χ4n) is 2.13. The molecule has 1 aromatic rings. The van der Waals surface area contributed by atoms with Crippen molar-refractivity contribution in [3.05, 3.63) is 22.7 Å². The highest BCUT2D eigenvalue weighted by atomic mass is 79.9. The molecule has 1 fully saturated rings. The number of nitrogen functional groups attached to an aromatic ring is 1. The number of halogens is 1. The topological polar surface area (TPSA) is 66.6 Å². The summed E-state index contributed by atoms with van der Waals surface area (Å²) in [4.78, 5) is 2.34. The first-order chi connectivity index (χ1) is 8.82. The van der Waals surface area contributed by atoms with Gasteiger partial charge in [-0.1, -0.05) is 15.9 Å². The van der Waals surface area contributed by atoms with Crippen LogP contribution >= 0.6 is 15.9 Å². The van der Waals surface area contributed by atoms with Gasteiger partial charge in [-0.15, -0.1) is 0 Å². The van der Waals surface area contributed by atoms with E-state index in [9.17, 15) is 8.42 Å². The van der Waals surface area contributed by atoms with E-state index < -0.39 is 10.0 Å². The number of rotatable bonds is 2. The molecule has 1 atom stereocenters.